The van der Waals surface area contributed by atoms with Crippen molar-refractivity contribution in [1.82, 2.24) is 0 Å². The second-order valence-electron chi connectivity index (χ2n) is 3.70. The Morgan fingerprint density at radius 3 is 2.65 bits per heavy atom. The molecule has 1 aromatic carbocycles. The van der Waals surface area contributed by atoms with Crippen molar-refractivity contribution in [3.05, 3.63) is 46.5 Å². The van der Waals surface area contributed by atoms with Crippen LogP contribution in [-0.4, -0.2) is 19.9 Å². The van der Waals surface area contributed by atoms with E-state index in [1.165, 1.54) is 24.3 Å². The summed E-state index contributed by atoms with van der Waals surface area (Å²) in [5.74, 6) is -2.81. The number of carbonyl (C=O) groups is 1. The molecule has 0 amide bonds. The first-order valence-corrected chi connectivity index (χ1v) is 7.11. The molecular formula is C12H12ClNO5S. The molecule has 2 rings (SSSR count). The molecule has 20 heavy (non-hydrogen) atoms. The molecule has 8 heteroatoms. The number of nitrogens with two attached hydrogens (primary N) is 1. The Hall–Kier alpha value is -1.73. The minimum atomic E-state index is -4.80. The van der Waals surface area contributed by atoms with Crippen molar-refractivity contribution in [2.24, 2.45) is 5.73 Å². The van der Waals surface area contributed by atoms with E-state index >= 15 is 0 Å². The van der Waals surface area contributed by atoms with E-state index in [-0.39, 0.29) is 5.56 Å². The summed E-state index contributed by atoms with van der Waals surface area (Å²) in [5.41, 5.74) is 2.73. The van der Waals surface area contributed by atoms with Gasteiger partial charge in [-0.15, -0.1) is 0 Å². The highest BCUT2D eigenvalue weighted by Crippen LogP contribution is 2.32. The molecule has 0 radical (unpaired) electrons. The van der Waals surface area contributed by atoms with Crippen molar-refractivity contribution in [1.29, 1.82) is 0 Å². The van der Waals surface area contributed by atoms with E-state index in [1.807, 2.05) is 0 Å². The zero-order valence-corrected chi connectivity index (χ0v) is 11.8. The van der Waals surface area contributed by atoms with Gasteiger partial charge in [0.2, 0.25) is 17.4 Å². The maximum Gasteiger partial charge on any atom is 0.309 e. The molecule has 0 saturated heterocycles. The molecule has 0 fully saturated rings. The maximum atomic E-state index is 12.3. The van der Waals surface area contributed by atoms with Crippen LogP contribution in [0.15, 0.2) is 35.9 Å². The number of ether oxygens (including phenoxy) is 1. The van der Waals surface area contributed by atoms with Gasteiger partial charge >= 0.3 is 10.1 Å². The van der Waals surface area contributed by atoms with Gasteiger partial charge in [-0.05, 0) is 19.1 Å². The van der Waals surface area contributed by atoms with E-state index in [4.69, 9.17) is 26.2 Å². The minimum absolute atomic E-state index is 0.0605. The molecule has 0 spiro atoms. The highest BCUT2D eigenvalue weighted by atomic mass is 35.5. The van der Waals surface area contributed by atoms with Gasteiger partial charge in [0.05, 0.1) is 7.08 Å². The topological polar surface area (TPSA) is 95.7 Å². The summed E-state index contributed by atoms with van der Waals surface area (Å²) in [6.07, 6.45) is -2.33. The largest absolute Gasteiger partial charge is 0.460 e. The first kappa shape index (κ1) is 11.0. The number of ketones is 1. The third-order valence-electron chi connectivity index (χ3n) is 2.40. The summed E-state index contributed by atoms with van der Waals surface area (Å²) in [6, 6.07) is 5.52. The van der Waals surface area contributed by atoms with Crippen LogP contribution in [0.25, 0.3) is 0 Å². The van der Waals surface area contributed by atoms with E-state index in [2.05, 4.69) is 4.18 Å². The summed E-state index contributed by atoms with van der Waals surface area (Å²) < 4.78 is 55.4. The Bertz CT molecular complexity index is 788. The highest BCUT2D eigenvalue weighted by Gasteiger charge is 2.39. The SMILES string of the molecule is [2H]C([2H])(C)S(=O)(=O)OC1=C(N)O[C@@]([2H])(c2ccc(Cl)cc2)C1=O. The Kier molecular flexibility index (Phi) is 2.93. The van der Waals surface area contributed by atoms with Gasteiger partial charge in [-0.2, -0.15) is 8.42 Å². The van der Waals surface area contributed by atoms with Crippen LogP contribution in [0.4, 0.5) is 0 Å². The van der Waals surface area contributed by atoms with Crippen molar-refractivity contribution in [2.45, 2.75) is 13.0 Å². The van der Waals surface area contributed by atoms with Gasteiger partial charge in [0.25, 0.3) is 0 Å². The number of hydrogen-bond acceptors (Lipinski definition) is 6. The number of Topliss-reactive ketones (excluding diaryl/α,β-unsaturated/α-hetero) is 1. The molecule has 0 unspecified atom stereocenters. The molecule has 1 aliphatic heterocycles. The minimum Gasteiger partial charge on any atom is -0.460 e. The molecular weight excluding hydrogens is 306 g/mol. The van der Waals surface area contributed by atoms with Gasteiger partial charge in [-0.3, -0.25) is 4.79 Å². The van der Waals surface area contributed by atoms with Crippen LogP contribution >= 0.6 is 11.6 Å². The average molecular weight is 321 g/mol. The summed E-state index contributed by atoms with van der Waals surface area (Å²) in [4.78, 5) is 12.3. The smallest absolute Gasteiger partial charge is 0.309 e. The van der Waals surface area contributed by atoms with Crippen LogP contribution in [-0.2, 0) is 23.8 Å². The molecule has 108 valence electrons. The van der Waals surface area contributed by atoms with Gasteiger partial charge in [0, 0.05) is 13.3 Å². The number of carbonyl (C=O) groups excluding carboxylic acids is 1. The number of benzene rings is 1. The molecule has 1 aromatic rings. The third-order valence-corrected chi connectivity index (χ3v) is 3.54. The fraction of sp³-hybridized carbons (Fsp3) is 0.250. The second-order valence-corrected chi connectivity index (χ2v) is 5.62. The number of rotatable bonds is 4. The van der Waals surface area contributed by atoms with Gasteiger partial charge in [0.15, 0.2) is 6.08 Å². The van der Waals surface area contributed by atoms with E-state index in [9.17, 15) is 13.2 Å². The summed E-state index contributed by atoms with van der Waals surface area (Å²) in [7, 11) is -4.80. The Morgan fingerprint density at radius 1 is 1.50 bits per heavy atom. The summed E-state index contributed by atoms with van der Waals surface area (Å²) in [6.45, 7) is 0.743. The normalized spacial score (nSPS) is 25.7. The van der Waals surface area contributed by atoms with E-state index in [0.29, 0.717) is 5.02 Å². The molecule has 1 aliphatic rings. The maximum absolute atomic E-state index is 12.3. The van der Waals surface area contributed by atoms with Crippen molar-refractivity contribution >= 4 is 27.5 Å². The quantitative estimate of drug-likeness (QED) is 0.844. The molecule has 0 aromatic heterocycles. The predicted octanol–water partition coefficient (Wildman–Crippen LogP) is 1.47. The molecule has 0 saturated carbocycles. The molecule has 1 heterocycles. The van der Waals surface area contributed by atoms with E-state index in [0.717, 1.165) is 6.92 Å². The van der Waals surface area contributed by atoms with Crippen molar-refractivity contribution in [2.75, 3.05) is 5.70 Å². The molecule has 1 atom stereocenters. The van der Waals surface area contributed by atoms with Gasteiger partial charge < -0.3 is 14.7 Å². The lowest BCUT2D eigenvalue weighted by molar-refractivity contribution is -0.123. The lowest BCUT2D eigenvalue weighted by Crippen LogP contribution is -2.16. The lowest BCUT2D eigenvalue weighted by atomic mass is 10.1. The zero-order valence-electron chi connectivity index (χ0n) is 13.2. The number of halogens is 1. The number of hydrogen-bond donors (Lipinski definition) is 1. The fourth-order valence-corrected chi connectivity index (χ4v) is 2.03. The van der Waals surface area contributed by atoms with E-state index < -0.39 is 39.3 Å². The lowest BCUT2D eigenvalue weighted by Gasteiger charge is -2.09. The van der Waals surface area contributed by atoms with Crippen molar-refractivity contribution in [3.63, 3.8) is 0 Å². The third kappa shape index (κ3) is 2.88. The second kappa shape index (κ2) is 5.34. The Morgan fingerprint density at radius 2 is 2.10 bits per heavy atom. The average Bonchev–Trinajstić information content (AvgIpc) is 2.62. The van der Waals surface area contributed by atoms with Crippen LogP contribution in [0.5, 0.6) is 0 Å². The van der Waals surface area contributed by atoms with Crippen molar-refractivity contribution < 1.29 is 26.2 Å². The van der Waals surface area contributed by atoms with Gasteiger partial charge in [-0.1, -0.05) is 23.7 Å². The Labute approximate surface area is 125 Å². The predicted molar refractivity (Wildman–Crippen MR) is 72.0 cm³/mol. The zero-order chi connectivity index (χ0) is 17.6. The highest BCUT2D eigenvalue weighted by molar-refractivity contribution is 7.86. The molecule has 2 N–H and O–H groups in total. The van der Waals surface area contributed by atoms with Crippen LogP contribution < -0.4 is 5.73 Å². The van der Waals surface area contributed by atoms with Crippen molar-refractivity contribution in [3.8, 4) is 0 Å². The molecule has 0 aliphatic carbocycles. The van der Waals surface area contributed by atoms with Crippen LogP contribution in [0, 0.1) is 0 Å². The summed E-state index contributed by atoms with van der Waals surface area (Å²) in [5, 5.41) is 0.363. The van der Waals surface area contributed by atoms with Crippen LogP contribution in [0.3, 0.4) is 0 Å². The first-order valence-electron chi connectivity index (χ1n) is 6.82. The van der Waals surface area contributed by atoms with Gasteiger partial charge in [-0.25, -0.2) is 0 Å². The monoisotopic (exact) mass is 320 g/mol. The van der Waals surface area contributed by atoms with Gasteiger partial charge in [0.1, 0.15) is 0 Å². The first-order chi connectivity index (χ1) is 10.4. The standard InChI is InChI=1S/C12H12ClNO5S/c1-2-20(16,17)19-11-9(15)10(18-12(11)14)7-3-5-8(13)6-4-7/h3-6,10H,2,14H2,1H3/t10-/m0/s1/i2D2,10D. The molecule has 0 bridgehead atoms. The molecule has 6 nitrogen and oxygen atoms in total. The fourth-order valence-electron chi connectivity index (χ4n) is 1.44. The van der Waals surface area contributed by atoms with Crippen LogP contribution in [0.2, 0.25) is 5.02 Å². The summed E-state index contributed by atoms with van der Waals surface area (Å²) >= 11 is 5.73. The van der Waals surface area contributed by atoms with Crippen LogP contribution in [0.1, 0.15) is 22.7 Å². The van der Waals surface area contributed by atoms with E-state index in [1.54, 1.807) is 0 Å². The Balaban J connectivity index is 2.37.